The predicted molar refractivity (Wildman–Crippen MR) is 51.1 cm³/mol. The lowest BCUT2D eigenvalue weighted by atomic mass is 10.1. The summed E-state index contributed by atoms with van der Waals surface area (Å²) in [6, 6.07) is 0.218. The Morgan fingerprint density at radius 1 is 1.46 bits per heavy atom. The van der Waals surface area contributed by atoms with E-state index in [9.17, 15) is 4.79 Å². The molecule has 1 saturated heterocycles. The fourth-order valence-electron chi connectivity index (χ4n) is 2.07. The molecule has 2 unspecified atom stereocenters. The van der Waals surface area contributed by atoms with Gasteiger partial charge < -0.3 is 10.6 Å². The Morgan fingerprint density at radius 3 is 2.62 bits per heavy atom. The lowest BCUT2D eigenvalue weighted by molar-refractivity contribution is -0.134. The molecule has 0 spiro atoms. The summed E-state index contributed by atoms with van der Waals surface area (Å²) in [7, 11) is 0. The highest BCUT2D eigenvalue weighted by molar-refractivity contribution is 5.79. The summed E-state index contributed by atoms with van der Waals surface area (Å²) in [6.07, 6.45) is 3.46. The molecule has 1 aliphatic carbocycles. The first-order valence-electron chi connectivity index (χ1n) is 5.23. The van der Waals surface area contributed by atoms with Crippen molar-refractivity contribution in [1.82, 2.24) is 4.90 Å². The number of likely N-dealkylation sites (tertiary alicyclic amines) is 1. The Labute approximate surface area is 79.3 Å². The second kappa shape index (κ2) is 3.29. The van der Waals surface area contributed by atoms with Gasteiger partial charge in [0.2, 0.25) is 5.91 Å². The van der Waals surface area contributed by atoms with E-state index < -0.39 is 0 Å². The van der Waals surface area contributed by atoms with Crippen molar-refractivity contribution in [2.75, 3.05) is 13.1 Å². The molecule has 3 heteroatoms. The smallest absolute Gasteiger partial charge is 0.225 e. The Bertz CT molecular complexity index is 213. The zero-order valence-corrected chi connectivity index (χ0v) is 8.20. The Morgan fingerprint density at radius 2 is 2.15 bits per heavy atom. The predicted octanol–water partition coefficient (Wildman–Crippen LogP) is 0.592. The van der Waals surface area contributed by atoms with Gasteiger partial charge in [-0.2, -0.15) is 0 Å². The van der Waals surface area contributed by atoms with Crippen molar-refractivity contribution in [3.63, 3.8) is 0 Å². The normalized spacial score (nSPS) is 30.6. The summed E-state index contributed by atoms with van der Waals surface area (Å²) in [5, 5.41) is 0. The summed E-state index contributed by atoms with van der Waals surface area (Å²) in [6.45, 7) is 3.71. The van der Waals surface area contributed by atoms with E-state index in [1.807, 2.05) is 4.90 Å². The van der Waals surface area contributed by atoms with Crippen LogP contribution in [0.25, 0.3) is 0 Å². The molecule has 1 saturated carbocycles. The molecule has 2 rings (SSSR count). The van der Waals surface area contributed by atoms with Crippen molar-refractivity contribution < 1.29 is 4.79 Å². The monoisotopic (exact) mass is 182 g/mol. The highest BCUT2D eigenvalue weighted by Gasteiger charge is 2.36. The minimum absolute atomic E-state index is 0.218. The SMILES string of the molecule is CC(C(=O)N1CCC(N)C1)C1CC1. The van der Waals surface area contributed by atoms with Crippen molar-refractivity contribution in [2.45, 2.75) is 32.2 Å². The molecular weight excluding hydrogens is 164 g/mol. The Kier molecular flexibility index (Phi) is 2.28. The number of hydrogen-bond donors (Lipinski definition) is 1. The largest absolute Gasteiger partial charge is 0.341 e. The molecule has 0 aromatic heterocycles. The van der Waals surface area contributed by atoms with Crippen LogP contribution in [0.3, 0.4) is 0 Å². The quantitative estimate of drug-likeness (QED) is 0.679. The van der Waals surface area contributed by atoms with Crippen LogP contribution < -0.4 is 5.73 Å². The number of rotatable bonds is 2. The highest BCUT2D eigenvalue weighted by atomic mass is 16.2. The second-order valence-electron chi connectivity index (χ2n) is 4.46. The number of nitrogens with zero attached hydrogens (tertiary/aromatic N) is 1. The minimum Gasteiger partial charge on any atom is -0.341 e. The van der Waals surface area contributed by atoms with Gasteiger partial charge in [-0.05, 0) is 25.2 Å². The van der Waals surface area contributed by atoms with Crippen LogP contribution in [0.1, 0.15) is 26.2 Å². The van der Waals surface area contributed by atoms with Gasteiger partial charge in [0, 0.05) is 25.0 Å². The van der Waals surface area contributed by atoms with Gasteiger partial charge in [0.05, 0.1) is 0 Å². The summed E-state index contributed by atoms with van der Waals surface area (Å²) >= 11 is 0. The maximum absolute atomic E-state index is 11.8. The van der Waals surface area contributed by atoms with Crippen LogP contribution in [0, 0.1) is 11.8 Å². The summed E-state index contributed by atoms with van der Waals surface area (Å²) in [4.78, 5) is 13.8. The maximum atomic E-state index is 11.8. The lowest BCUT2D eigenvalue weighted by Crippen LogP contribution is -2.36. The van der Waals surface area contributed by atoms with E-state index in [2.05, 4.69) is 6.92 Å². The average molecular weight is 182 g/mol. The van der Waals surface area contributed by atoms with Gasteiger partial charge in [0.25, 0.3) is 0 Å². The highest BCUT2D eigenvalue weighted by Crippen LogP contribution is 2.37. The van der Waals surface area contributed by atoms with Gasteiger partial charge in [-0.3, -0.25) is 4.79 Å². The van der Waals surface area contributed by atoms with E-state index in [0.29, 0.717) is 11.8 Å². The molecule has 13 heavy (non-hydrogen) atoms. The van der Waals surface area contributed by atoms with Crippen LogP contribution in [-0.4, -0.2) is 29.9 Å². The molecule has 0 aromatic carbocycles. The molecule has 1 heterocycles. The van der Waals surface area contributed by atoms with Crippen LogP contribution in [0.2, 0.25) is 0 Å². The molecule has 1 aliphatic heterocycles. The van der Waals surface area contributed by atoms with Gasteiger partial charge in [-0.15, -0.1) is 0 Å². The molecule has 0 bridgehead atoms. The van der Waals surface area contributed by atoms with Gasteiger partial charge in [0.1, 0.15) is 0 Å². The van der Waals surface area contributed by atoms with Gasteiger partial charge in [-0.1, -0.05) is 6.92 Å². The molecule has 74 valence electrons. The third-order valence-corrected chi connectivity index (χ3v) is 3.26. The topological polar surface area (TPSA) is 46.3 Å². The second-order valence-corrected chi connectivity index (χ2v) is 4.46. The van der Waals surface area contributed by atoms with Crippen LogP contribution in [0.4, 0.5) is 0 Å². The number of hydrogen-bond acceptors (Lipinski definition) is 2. The Balaban J connectivity index is 1.88. The van der Waals surface area contributed by atoms with E-state index in [1.165, 1.54) is 12.8 Å². The van der Waals surface area contributed by atoms with E-state index >= 15 is 0 Å². The fourth-order valence-corrected chi connectivity index (χ4v) is 2.07. The summed E-state index contributed by atoms with van der Waals surface area (Å²) in [5.74, 6) is 1.24. The van der Waals surface area contributed by atoms with Crippen LogP contribution in [-0.2, 0) is 4.79 Å². The molecular formula is C10H18N2O. The third-order valence-electron chi connectivity index (χ3n) is 3.26. The van der Waals surface area contributed by atoms with Crippen LogP contribution >= 0.6 is 0 Å². The van der Waals surface area contributed by atoms with Gasteiger partial charge >= 0.3 is 0 Å². The maximum Gasteiger partial charge on any atom is 0.225 e. The molecule has 2 N–H and O–H groups in total. The van der Waals surface area contributed by atoms with E-state index in [0.717, 1.165) is 19.5 Å². The van der Waals surface area contributed by atoms with Crippen molar-refractivity contribution >= 4 is 5.91 Å². The lowest BCUT2D eigenvalue weighted by Gasteiger charge is -2.20. The average Bonchev–Trinajstić information content (AvgIpc) is 2.87. The fraction of sp³-hybridized carbons (Fsp3) is 0.900. The molecule has 2 aliphatic rings. The van der Waals surface area contributed by atoms with Crippen molar-refractivity contribution in [2.24, 2.45) is 17.6 Å². The van der Waals surface area contributed by atoms with Gasteiger partial charge in [0.15, 0.2) is 0 Å². The molecule has 2 fully saturated rings. The van der Waals surface area contributed by atoms with Crippen LogP contribution in [0.15, 0.2) is 0 Å². The molecule has 2 atom stereocenters. The first-order chi connectivity index (χ1) is 6.18. The van der Waals surface area contributed by atoms with Gasteiger partial charge in [-0.25, -0.2) is 0 Å². The van der Waals surface area contributed by atoms with E-state index in [-0.39, 0.29) is 12.0 Å². The summed E-state index contributed by atoms with van der Waals surface area (Å²) < 4.78 is 0. The van der Waals surface area contributed by atoms with E-state index in [4.69, 9.17) is 5.73 Å². The number of nitrogens with two attached hydrogens (primary N) is 1. The molecule has 1 amide bonds. The van der Waals surface area contributed by atoms with Crippen molar-refractivity contribution in [1.29, 1.82) is 0 Å². The zero-order valence-electron chi connectivity index (χ0n) is 8.20. The standard InChI is InChI=1S/C10H18N2O/c1-7(8-2-3-8)10(13)12-5-4-9(11)6-12/h7-9H,2-6,11H2,1H3. The van der Waals surface area contributed by atoms with Crippen LogP contribution in [0.5, 0.6) is 0 Å². The van der Waals surface area contributed by atoms with Crippen molar-refractivity contribution in [3.05, 3.63) is 0 Å². The third kappa shape index (κ3) is 1.85. The molecule has 0 aromatic rings. The first kappa shape index (κ1) is 9.00. The van der Waals surface area contributed by atoms with E-state index in [1.54, 1.807) is 0 Å². The summed E-state index contributed by atoms with van der Waals surface area (Å²) in [5.41, 5.74) is 5.76. The molecule has 3 nitrogen and oxygen atoms in total. The zero-order chi connectivity index (χ0) is 9.42. The number of carbonyl (C=O) groups excluding carboxylic acids is 1. The molecule has 0 radical (unpaired) electrons. The number of amides is 1. The first-order valence-corrected chi connectivity index (χ1v) is 5.23. The minimum atomic E-state index is 0.218. The Hall–Kier alpha value is -0.570. The number of carbonyl (C=O) groups is 1. The van der Waals surface area contributed by atoms with Crippen molar-refractivity contribution in [3.8, 4) is 0 Å².